The summed E-state index contributed by atoms with van der Waals surface area (Å²) in [4.78, 5) is 26.5. The highest BCUT2D eigenvalue weighted by atomic mass is 32.1. The number of fused-ring (bicyclic) bond motifs is 2. The summed E-state index contributed by atoms with van der Waals surface area (Å²) in [6, 6.07) is 7.42. The van der Waals surface area contributed by atoms with Crippen molar-refractivity contribution in [2.45, 2.75) is 45.3 Å². The van der Waals surface area contributed by atoms with Crippen LogP contribution in [0.3, 0.4) is 0 Å². The Morgan fingerprint density at radius 2 is 2.00 bits per heavy atom. The average molecular weight is 387 g/mol. The van der Waals surface area contributed by atoms with Gasteiger partial charge >= 0.3 is 5.97 Å². The van der Waals surface area contributed by atoms with Crippen molar-refractivity contribution in [3.05, 3.63) is 45.1 Å². The largest absolute Gasteiger partial charge is 0.454 e. The molecule has 2 aromatic rings. The molecule has 1 aliphatic heterocycles. The molecule has 0 spiro atoms. The number of ether oxygens (including phenoxy) is 3. The zero-order valence-electron chi connectivity index (χ0n) is 15.1. The zero-order valence-corrected chi connectivity index (χ0v) is 15.9. The molecule has 1 aromatic heterocycles. The van der Waals surface area contributed by atoms with Gasteiger partial charge < -0.3 is 19.5 Å². The average Bonchev–Trinajstić information content (AvgIpc) is 3.31. The van der Waals surface area contributed by atoms with Gasteiger partial charge in [0.2, 0.25) is 6.79 Å². The van der Waals surface area contributed by atoms with Crippen LogP contribution in [0.5, 0.6) is 11.5 Å². The second kappa shape index (κ2) is 7.60. The molecule has 1 amide bonds. The minimum atomic E-state index is -0.856. The predicted octanol–water partition coefficient (Wildman–Crippen LogP) is 3.22. The second-order valence-electron chi connectivity index (χ2n) is 6.72. The first-order valence-corrected chi connectivity index (χ1v) is 9.90. The molecule has 1 N–H and O–H groups in total. The number of aryl methyl sites for hydroxylation is 2. The number of esters is 1. The molecule has 0 radical (unpaired) electrons. The van der Waals surface area contributed by atoms with E-state index in [1.807, 2.05) is 24.3 Å². The minimum absolute atomic E-state index is 0.213. The van der Waals surface area contributed by atoms with Gasteiger partial charge in [0.1, 0.15) is 4.88 Å². The molecule has 142 valence electrons. The van der Waals surface area contributed by atoms with E-state index < -0.39 is 12.1 Å². The molecule has 4 rings (SSSR count). The highest BCUT2D eigenvalue weighted by Gasteiger charge is 2.23. The van der Waals surface area contributed by atoms with E-state index in [4.69, 9.17) is 14.2 Å². The van der Waals surface area contributed by atoms with Gasteiger partial charge in [0.25, 0.3) is 5.91 Å². The predicted molar refractivity (Wildman–Crippen MR) is 100 cm³/mol. The molecule has 0 saturated heterocycles. The third-order valence-corrected chi connectivity index (χ3v) is 5.97. The van der Waals surface area contributed by atoms with Crippen LogP contribution in [0.15, 0.2) is 24.3 Å². The molecule has 0 saturated carbocycles. The molecule has 27 heavy (non-hydrogen) atoms. The summed E-state index contributed by atoms with van der Waals surface area (Å²) in [5, 5.41) is 2.79. The van der Waals surface area contributed by atoms with Crippen LogP contribution in [-0.2, 0) is 28.9 Å². The lowest BCUT2D eigenvalue weighted by molar-refractivity contribution is -0.129. The molecule has 2 heterocycles. The lowest BCUT2D eigenvalue weighted by Crippen LogP contribution is -2.35. The molecule has 1 atom stereocenters. The number of amides is 1. The maximum Gasteiger partial charge on any atom is 0.349 e. The SMILES string of the molecule is C[C@H](OC(=O)c1cc2c(s1)CCCC2)C(=O)NCc1ccc2c(c1)OCO2. The summed E-state index contributed by atoms with van der Waals surface area (Å²) in [7, 11) is 0. The fraction of sp³-hybridized carbons (Fsp3) is 0.400. The number of benzene rings is 1. The number of thiophene rings is 1. The van der Waals surface area contributed by atoms with E-state index in [1.165, 1.54) is 28.2 Å². The molecule has 1 aliphatic carbocycles. The molecule has 0 unspecified atom stereocenters. The van der Waals surface area contributed by atoms with E-state index in [0.717, 1.165) is 24.8 Å². The number of nitrogens with one attached hydrogen (secondary N) is 1. The Balaban J connectivity index is 1.31. The molecule has 6 nitrogen and oxygen atoms in total. The van der Waals surface area contributed by atoms with Crippen molar-refractivity contribution in [1.82, 2.24) is 5.32 Å². The molecule has 2 aliphatic rings. The highest BCUT2D eigenvalue weighted by Crippen LogP contribution is 2.32. The molecule has 0 fully saturated rings. The van der Waals surface area contributed by atoms with E-state index in [2.05, 4.69) is 5.32 Å². The van der Waals surface area contributed by atoms with Gasteiger partial charge in [-0.05, 0) is 61.9 Å². The Morgan fingerprint density at radius 3 is 2.85 bits per heavy atom. The summed E-state index contributed by atoms with van der Waals surface area (Å²) in [5.41, 5.74) is 2.13. The standard InChI is InChI=1S/C20H21NO5S/c1-12(26-20(23)18-9-14-4-2-3-5-17(14)27-18)19(22)21-10-13-6-7-15-16(8-13)25-11-24-15/h6-9,12H,2-5,10-11H2,1H3,(H,21,22)/t12-/m0/s1. The van der Waals surface area contributed by atoms with Crippen LogP contribution in [0.25, 0.3) is 0 Å². The molecular formula is C20H21NO5S. The lowest BCUT2D eigenvalue weighted by Gasteiger charge is -2.13. The Morgan fingerprint density at radius 1 is 1.19 bits per heavy atom. The Labute approximate surface area is 161 Å². The van der Waals surface area contributed by atoms with E-state index >= 15 is 0 Å². The van der Waals surface area contributed by atoms with E-state index in [1.54, 1.807) is 6.92 Å². The fourth-order valence-corrected chi connectivity index (χ4v) is 4.38. The first-order valence-electron chi connectivity index (χ1n) is 9.09. The first kappa shape index (κ1) is 17.9. The van der Waals surface area contributed by atoms with Gasteiger partial charge in [-0.1, -0.05) is 6.07 Å². The number of hydrogen-bond donors (Lipinski definition) is 1. The smallest absolute Gasteiger partial charge is 0.349 e. The summed E-state index contributed by atoms with van der Waals surface area (Å²) in [5.74, 6) is 0.608. The van der Waals surface area contributed by atoms with Crippen molar-refractivity contribution in [3.8, 4) is 11.5 Å². The van der Waals surface area contributed by atoms with Crippen LogP contribution in [0.2, 0.25) is 0 Å². The minimum Gasteiger partial charge on any atom is -0.454 e. The normalized spacial score (nSPS) is 15.7. The van der Waals surface area contributed by atoms with Gasteiger partial charge in [0.05, 0.1) is 0 Å². The van der Waals surface area contributed by atoms with Gasteiger partial charge in [0, 0.05) is 11.4 Å². The lowest BCUT2D eigenvalue weighted by atomic mass is 9.99. The summed E-state index contributed by atoms with van der Waals surface area (Å²) >= 11 is 1.49. The van der Waals surface area contributed by atoms with Gasteiger partial charge in [-0.25, -0.2) is 4.79 Å². The number of rotatable bonds is 5. The maximum atomic E-state index is 12.4. The van der Waals surface area contributed by atoms with Crippen LogP contribution in [0.1, 0.15) is 45.4 Å². The highest BCUT2D eigenvalue weighted by molar-refractivity contribution is 7.14. The van der Waals surface area contributed by atoms with Crippen molar-refractivity contribution >= 4 is 23.2 Å². The molecule has 0 bridgehead atoms. The monoisotopic (exact) mass is 387 g/mol. The number of carbonyl (C=O) groups is 2. The van der Waals surface area contributed by atoms with Crippen molar-refractivity contribution in [1.29, 1.82) is 0 Å². The topological polar surface area (TPSA) is 73.9 Å². The van der Waals surface area contributed by atoms with Gasteiger partial charge in [0.15, 0.2) is 17.6 Å². The first-order chi connectivity index (χ1) is 13.1. The third-order valence-electron chi connectivity index (χ3n) is 4.75. The fourth-order valence-electron chi connectivity index (χ4n) is 3.25. The van der Waals surface area contributed by atoms with Crippen molar-refractivity contribution < 1.29 is 23.8 Å². The Hall–Kier alpha value is -2.54. The summed E-state index contributed by atoms with van der Waals surface area (Å²) < 4.78 is 15.9. The zero-order chi connectivity index (χ0) is 18.8. The molecule has 1 aromatic carbocycles. The maximum absolute atomic E-state index is 12.4. The summed E-state index contributed by atoms with van der Waals surface area (Å²) in [6.07, 6.45) is 3.52. The quantitative estimate of drug-likeness (QED) is 0.798. The van der Waals surface area contributed by atoms with Crippen LogP contribution in [0, 0.1) is 0 Å². The van der Waals surface area contributed by atoms with E-state index in [0.29, 0.717) is 22.9 Å². The van der Waals surface area contributed by atoms with Gasteiger partial charge in [-0.15, -0.1) is 11.3 Å². The van der Waals surface area contributed by atoms with E-state index in [-0.39, 0.29) is 12.7 Å². The second-order valence-corrected chi connectivity index (χ2v) is 7.86. The number of hydrogen-bond acceptors (Lipinski definition) is 6. The van der Waals surface area contributed by atoms with Crippen LogP contribution in [-0.4, -0.2) is 24.8 Å². The van der Waals surface area contributed by atoms with Crippen molar-refractivity contribution in [2.75, 3.05) is 6.79 Å². The Bertz CT molecular complexity index is 852. The van der Waals surface area contributed by atoms with Gasteiger partial charge in [-0.3, -0.25) is 4.79 Å². The van der Waals surface area contributed by atoms with Crippen LogP contribution >= 0.6 is 11.3 Å². The van der Waals surface area contributed by atoms with Crippen molar-refractivity contribution in [2.24, 2.45) is 0 Å². The molecular weight excluding hydrogens is 366 g/mol. The Kier molecular flexibility index (Phi) is 5.03. The van der Waals surface area contributed by atoms with E-state index in [9.17, 15) is 9.59 Å². The van der Waals surface area contributed by atoms with Crippen LogP contribution < -0.4 is 14.8 Å². The molecule has 7 heteroatoms. The number of carbonyl (C=O) groups excluding carboxylic acids is 2. The van der Waals surface area contributed by atoms with Crippen LogP contribution in [0.4, 0.5) is 0 Å². The van der Waals surface area contributed by atoms with Gasteiger partial charge in [-0.2, -0.15) is 0 Å². The third kappa shape index (κ3) is 3.93. The summed E-state index contributed by atoms with van der Waals surface area (Å²) in [6.45, 7) is 2.12. The van der Waals surface area contributed by atoms with Crippen molar-refractivity contribution in [3.63, 3.8) is 0 Å².